The van der Waals surface area contributed by atoms with Crippen LogP contribution in [0.15, 0.2) is 36.4 Å². The Morgan fingerprint density at radius 1 is 0.897 bits per heavy atom. The van der Waals surface area contributed by atoms with Gasteiger partial charge in [0.2, 0.25) is 6.79 Å². The Hall–Kier alpha value is -2.77. The molecule has 2 aromatic rings. The molecule has 1 saturated heterocycles. The first kappa shape index (κ1) is 18.3. The summed E-state index contributed by atoms with van der Waals surface area (Å²) in [6.07, 6.45) is 1.02. The summed E-state index contributed by atoms with van der Waals surface area (Å²) in [6, 6.07) is 12.1. The van der Waals surface area contributed by atoms with Crippen LogP contribution in [-0.4, -0.2) is 52.0 Å². The van der Waals surface area contributed by atoms with Crippen LogP contribution in [0.25, 0.3) is 0 Å². The highest BCUT2D eigenvalue weighted by Gasteiger charge is 2.25. The summed E-state index contributed by atoms with van der Waals surface area (Å²) in [5, 5.41) is 2.98. The third-order valence-electron chi connectivity index (χ3n) is 5.94. The molecule has 2 aromatic carbocycles. The maximum atomic E-state index is 12.4. The largest absolute Gasteiger partial charge is 0.493 e. The zero-order valence-electron chi connectivity index (χ0n) is 16.5. The molecule has 0 bridgehead atoms. The van der Waals surface area contributed by atoms with Crippen molar-refractivity contribution in [3.8, 4) is 17.2 Å². The van der Waals surface area contributed by atoms with E-state index in [2.05, 4.69) is 23.5 Å². The van der Waals surface area contributed by atoms with Gasteiger partial charge in [-0.15, -0.1) is 0 Å². The van der Waals surface area contributed by atoms with Gasteiger partial charge < -0.3 is 29.3 Å². The topological polar surface area (TPSA) is 65.7 Å². The molecule has 1 fully saturated rings. The summed E-state index contributed by atoms with van der Waals surface area (Å²) >= 11 is 0. The van der Waals surface area contributed by atoms with E-state index in [1.54, 1.807) is 4.90 Å². The third-order valence-corrected chi connectivity index (χ3v) is 5.94. The summed E-state index contributed by atoms with van der Waals surface area (Å²) in [5.74, 6) is 2.50. The van der Waals surface area contributed by atoms with Gasteiger partial charge in [-0.05, 0) is 35.9 Å². The molecule has 7 nitrogen and oxygen atoms in total. The fourth-order valence-electron chi connectivity index (χ4n) is 4.36. The number of amides is 1. The van der Waals surface area contributed by atoms with Crippen LogP contribution in [0.1, 0.15) is 11.1 Å². The smallest absolute Gasteiger partial charge is 0.279 e. The van der Waals surface area contributed by atoms with Crippen LogP contribution in [0.4, 0.5) is 5.69 Å². The van der Waals surface area contributed by atoms with Gasteiger partial charge in [0.1, 0.15) is 38.5 Å². The van der Waals surface area contributed by atoms with Crippen LogP contribution in [0.3, 0.4) is 0 Å². The monoisotopic (exact) mass is 397 g/mol. The maximum absolute atomic E-state index is 12.4. The summed E-state index contributed by atoms with van der Waals surface area (Å²) in [7, 11) is 0. The van der Waals surface area contributed by atoms with Crippen molar-refractivity contribution in [3.63, 3.8) is 0 Å². The van der Waals surface area contributed by atoms with E-state index >= 15 is 0 Å². The Balaban J connectivity index is 1.09. The highest BCUT2D eigenvalue weighted by atomic mass is 16.7. The average Bonchev–Trinajstić information content (AvgIpc) is 3.37. The van der Waals surface area contributed by atoms with E-state index in [9.17, 15) is 4.79 Å². The van der Waals surface area contributed by atoms with Crippen molar-refractivity contribution in [1.82, 2.24) is 0 Å². The first-order chi connectivity index (χ1) is 14.2. The lowest BCUT2D eigenvalue weighted by Crippen LogP contribution is -3.28. The van der Waals surface area contributed by atoms with Crippen molar-refractivity contribution in [1.29, 1.82) is 0 Å². The molecule has 152 valence electrons. The van der Waals surface area contributed by atoms with E-state index in [-0.39, 0.29) is 12.7 Å². The number of rotatable bonds is 5. The average molecular weight is 397 g/mol. The number of benzene rings is 2. The molecule has 3 aliphatic rings. The van der Waals surface area contributed by atoms with Crippen LogP contribution in [-0.2, 0) is 17.8 Å². The number of piperazine rings is 1. The van der Waals surface area contributed by atoms with Gasteiger partial charge in [-0.25, -0.2) is 0 Å². The molecule has 7 heteroatoms. The summed E-state index contributed by atoms with van der Waals surface area (Å²) in [6.45, 7) is 6.78. The van der Waals surface area contributed by atoms with Gasteiger partial charge in [-0.3, -0.25) is 4.79 Å². The summed E-state index contributed by atoms with van der Waals surface area (Å²) in [4.78, 5) is 15.4. The number of ether oxygens (including phenoxy) is 3. The molecule has 3 N–H and O–H groups in total. The normalized spacial score (nSPS) is 22.1. The second kappa shape index (κ2) is 7.93. The van der Waals surface area contributed by atoms with Crippen molar-refractivity contribution in [3.05, 3.63) is 47.5 Å². The Morgan fingerprint density at radius 2 is 1.69 bits per heavy atom. The lowest BCUT2D eigenvalue weighted by molar-refractivity contribution is -1.02. The van der Waals surface area contributed by atoms with Crippen LogP contribution in [0.2, 0.25) is 0 Å². The minimum absolute atomic E-state index is 0.0425. The minimum atomic E-state index is 0.0425. The molecule has 0 aliphatic carbocycles. The molecular weight excluding hydrogens is 370 g/mol. The zero-order valence-corrected chi connectivity index (χ0v) is 16.5. The standard InChI is InChI=1S/C22H25N3O4/c26-22(23-18-2-4-20-21(12-18)29-15-28-20)14-25-8-6-24(7-9-25)13-16-1-3-19-17(11-16)5-10-27-19/h1-4,11-12H,5-10,13-15H2,(H,23,26)/p+2. The zero-order chi connectivity index (χ0) is 19.6. The van der Waals surface area contributed by atoms with E-state index < -0.39 is 0 Å². The quantitative estimate of drug-likeness (QED) is 0.623. The Morgan fingerprint density at radius 3 is 2.59 bits per heavy atom. The third kappa shape index (κ3) is 4.16. The Labute approximate surface area is 170 Å². The number of quaternary nitrogens is 2. The lowest BCUT2D eigenvalue weighted by atomic mass is 10.1. The van der Waals surface area contributed by atoms with Crippen molar-refractivity contribution >= 4 is 11.6 Å². The second-order valence-corrected chi connectivity index (χ2v) is 8.01. The van der Waals surface area contributed by atoms with Crippen molar-refractivity contribution in [2.75, 3.05) is 51.4 Å². The van der Waals surface area contributed by atoms with E-state index in [4.69, 9.17) is 14.2 Å². The number of fused-ring (bicyclic) bond motifs is 2. The van der Waals surface area contributed by atoms with Crippen molar-refractivity contribution < 1.29 is 28.8 Å². The lowest BCUT2D eigenvalue weighted by Gasteiger charge is -2.29. The van der Waals surface area contributed by atoms with E-state index in [1.165, 1.54) is 16.0 Å². The number of carbonyl (C=O) groups is 1. The fraction of sp³-hybridized carbons (Fsp3) is 0.409. The molecule has 29 heavy (non-hydrogen) atoms. The molecule has 0 saturated carbocycles. The fourth-order valence-corrected chi connectivity index (χ4v) is 4.36. The molecule has 0 radical (unpaired) electrons. The first-order valence-electron chi connectivity index (χ1n) is 10.3. The molecule has 0 spiro atoms. The SMILES string of the molecule is O=C(C[NH+]1CC[NH+](Cc2ccc3c(c2)CCO3)CC1)Nc1ccc2c(c1)OCO2. The predicted molar refractivity (Wildman–Crippen MR) is 107 cm³/mol. The van der Waals surface area contributed by atoms with Crippen LogP contribution in [0, 0.1) is 0 Å². The summed E-state index contributed by atoms with van der Waals surface area (Å²) in [5.41, 5.74) is 3.48. The molecule has 3 aliphatic heterocycles. The molecule has 0 atom stereocenters. The van der Waals surface area contributed by atoms with Crippen molar-refractivity contribution in [2.24, 2.45) is 0 Å². The number of hydrogen-bond donors (Lipinski definition) is 3. The highest BCUT2D eigenvalue weighted by Crippen LogP contribution is 2.34. The van der Waals surface area contributed by atoms with Gasteiger partial charge in [-0.2, -0.15) is 0 Å². The minimum Gasteiger partial charge on any atom is -0.493 e. The molecule has 1 amide bonds. The molecular formula is C22H27N3O4+2. The van der Waals surface area contributed by atoms with E-state index in [1.807, 2.05) is 18.2 Å². The Kier molecular flexibility index (Phi) is 4.99. The van der Waals surface area contributed by atoms with Gasteiger partial charge in [-0.1, -0.05) is 0 Å². The van der Waals surface area contributed by atoms with Crippen LogP contribution >= 0.6 is 0 Å². The Bertz CT molecular complexity index is 909. The van der Waals surface area contributed by atoms with Crippen molar-refractivity contribution in [2.45, 2.75) is 13.0 Å². The molecule has 5 rings (SSSR count). The van der Waals surface area contributed by atoms with Gasteiger partial charge in [0.15, 0.2) is 18.0 Å². The van der Waals surface area contributed by atoms with Gasteiger partial charge in [0, 0.05) is 23.7 Å². The summed E-state index contributed by atoms with van der Waals surface area (Å²) < 4.78 is 16.3. The number of nitrogens with one attached hydrogen (secondary N) is 3. The number of anilines is 1. The second-order valence-electron chi connectivity index (χ2n) is 8.01. The predicted octanol–water partition coefficient (Wildman–Crippen LogP) is -0.728. The molecule has 0 unspecified atom stereocenters. The maximum Gasteiger partial charge on any atom is 0.279 e. The van der Waals surface area contributed by atoms with Gasteiger partial charge >= 0.3 is 0 Å². The van der Waals surface area contributed by atoms with E-state index in [0.717, 1.165) is 62.9 Å². The first-order valence-corrected chi connectivity index (χ1v) is 10.3. The van der Waals surface area contributed by atoms with Gasteiger partial charge in [0.25, 0.3) is 5.91 Å². The highest BCUT2D eigenvalue weighted by molar-refractivity contribution is 5.91. The number of hydrogen-bond acceptors (Lipinski definition) is 4. The molecule has 0 aromatic heterocycles. The van der Waals surface area contributed by atoms with Crippen LogP contribution in [0.5, 0.6) is 17.2 Å². The molecule has 3 heterocycles. The van der Waals surface area contributed by atoms with Gasteiger partial charge in [0.05, 0.1) is 6.61 Å². The van der Waals surface area contributed by atoms with Crippen LogP contribution < -0.4 is 29.3 Å². The number of carbonyl (C=O) groups excluding carboxylic acids is 1. The van der Waals surface area contributed by atoms with E-state index in [0.29, 0.717) is 12.3 Å².